The van der Waals surface area contributed by atoms with Gasteiger partial charge in [0.2, 0.25) is 0 Å². The highest BCUT2D eigenvalue weighted by molar-refractivity contribution is 7.16. The second-order valence-corrected chi connectivity index (χ2v) is 4.65. The molecule has 0 atom stereocenters. The fraction of sp³-hybridized carbons (Fsp3) is 0.0714. The summed E-state index contributed by atoms with van der Waals surface area (Å²) in [7, 11) is 1.68. The van der Waals surface area contributed by atoms with Crippen molar-refractivity contribution in [3.8, 4) is 16.9 Å². The van der Waals surface area contributed by atoms with Crippen molar-refractivity contribution in [2.75, 3.05) is 7.11 Å². The van der Waals surface area contributed by atoms with Gasteiger partial charge in [-0.05, 0) is 35.4 Å². The number of hydrogen-bond donors (Lipinski definition) is 0. The molecule has 0 fully saturated rings. The number of fused-ring (bicyclic) bond motifs is 1. The van der Waals surface area contributed by atoms with E-state index < -0.39 is 0 Å². The number of thiazole rings is 1. The predicted octanol–water partition coefficient (Wildman–Crippen LogP) is 3.97. The molecular weight excluding hydrogens is 230 g/mol. The summed E-state index contributed by atoms with van der Waals surface area (Å²) in [6.07, 6.45) is 0. The van der Waals surface area contributed by atoms with E-state index in [0.29, 0.717) is 0 Å². The van der Waals surface area contributed by atoms with Crippen molar-refractivity contribution in [1.82, 2.24) is 4.98 Å². The molecule has 0 saturated heterocycles. The van der Waals surface area contributed by atoms with Gasteiger partial charge in [-0.3, -0.25) is 0 Å². The van der Waals surface area contributed by atoms with Crippen LogP contribution in [0, 0.1) is 0 Å². The largest absolute Gasteiger partial charge is 0.497 e. The van der Waals surface area contributed by atoms with Gasteiger partial charge in [0, 0.05) is 0 Å². The third-order valence-corrected chi connectivity index (χ3v) is 3.56. The molecule has 0 N–H and O–H groups in total. The Morgan fingerprint density at radius 2 is 1.76 bits per heavy atom. The number of aromatic nitrogens is 1. The first-order chi connectivity index (χ1) is 8.36. The molecule has 2 nitrogen and oxygen atoms in total. The maximum Gasteiger partial charge on any atom is 0.118 e. The molecule has 17 heavy (non-hydrogen) atoms. The first kappa shape index (κ1) is 10.3. The van der Waals surface area contributed by atoms with E-state index in [1.54, 1.807) is 18.4 Å². The van der Waals surface area contributed by atoms with Gasteiger partial charge in [0.05, 0.1) is 22.8 Å². The van der Waals surface area contributed by atoms with Crippen molar-refractivity contribution in [2.24, 2.45) is 0 Å². The molecule has 0 unspecified atom stereocenters. The predicted molar refractivity (Wildman–Crippen MR) is 71.6 cm³/mol. The van der Waals surface area contributed by atoms with Gasteiger partial charge in [0.1, 0.15) is 5.75 Å². The fourth-order valence-corrected chi connectivity index (χ4v) is 2.48. The zero-order valence-electron chi connectivity index (χ0n) is 9.38. The summed E-state index contributed by atoms with van der Waals surface area (Å²) < 4.78 is 6.38. The van der Waals surface area contributed by atoms with Crippen molar-refractivity contribution < 1.29 is 4.74 Å². The van der Waals surface area contributed by atoms with E-state index in [4.69, 9.17) is 4.74 Å². The van der Waals surface area contributed by atoms with Crippen LogP contribution in [0.2, 0.25) is 0 Å². The van der Waals surface area contributed by atoms with Gasteiger partial charge >= 0.3 is 0 Å². The van der Waals surface area contributed by atoms with Crippen LogP contribution in [0.5, 0.6) is 5.75 Å². The normalized spacial score (nSPS) is 10.6. The maximum absolute atomic E-state index is 5.15. The van der Waals surface area contributed by atoms with Crippen LogP contribution in [0.15, 0.2) is 48.0 Å². The topological polar surface area (TPSA) is 22.1 Å². The zero-order valence-corrected chi connectivity index (χ0v) is 10.2. The standard InChI is InChI=1S/C14H11NOS/c1-16-12-5-2-10(3-6-12)11-4-7-14-13(8-11)15-9-17-14/h2-9H,1H3. The van der Waals surface area contributed by atoms with E-state index >= 15 is 0 Å². The molecule has 0 saturated carbocycles. The molecule has 0 radical (unpaired) electrons. The summed E-state index contributed by atoms with van der Waals surface area (Å²) in [5.74, 6) is 0.878. The number of ether oxygens (including phenoxy) is 1. The van der Waals surface area contributed by atoms with Crippen molar-refractivity contribution in [1.29, 1.82) is 0 Å². The van der Waals surface area contributed by atoms with E-state index in [-0.39, 0.29) is 0 Å². The number of methoxy groups -OCH3 is 1. The summed E-state index contributed by atoms with van der Waals surface area (Å²) >= 11 is 1.67. The molecule has 2 aromatic carbocycles. The maximum atomic E-state index is 5.15. The average Bonchev–Trinajstić information content (AvgIpc) is 2.86. The summed E-state index contributed by atoms with van der Waals surface area (Å²) in [5, 5.41) is 0. The third-order valence-electron chi connectivity index (χ3n) is 2.75. The lowest BCUT2D eigenvalue weighted by Gasteiger charge is -2.03. The first-order valence-corrected chi connectivity index (χ1v) is 6.22. The lowest BCUT2D eigenvalue weighted by molar-refractivity contribution is 0.415. The van der Waals surface area contributed by atoms with Gasteiger partial charge in [0.15, 0.2) is 0 Å². The molecule has 0 aliphatic rings. The second kappa shape index (κ2) is 4.18. The number of nitrogens with zero attached hydrogens (tertiary/aromatic N) is 1. The van der Waals surface area contributed by atoms with Crippen LogP contribution in [0.1, 0.15) is 0 Å². The fourth-order valence-electron chi connectivity index (χ4n) is 1.82. The highest BCUT2D eigenvalue weighted by Gasteiger charge is 2.01. The number of benzene rings is 2. The van der Waals surface area contributed by atoms with E-state index in [1.807, 2.05) is 17.6 Å². The van der Waals surface area contributed by atoms with E-state index in [1.165, 1.54) is 15.8 Å². The van der Waals surface area contributed by atoms with Crippen LogP contribution < -0.4 is 4.74 Å². The molecular formula is C14H11NOS. The lowest BCUT2D eigenvalue weighted by Crippen LogP contribution is -1.82. The lowest BCUT2D eigenvalue weighted by atomic mass is 10.1. The molecule has 1 aromatic heterocycles. The summed E-state index contributed by atoms with van der Waals surface area (Å²) in [4.78, 5) is 4.33. The quantitative estimate of drug-likeness (QED) is 0.677. The first-order valence-electron chi connectivity index (χ1n) is 5.34. The zero-order chi connectivity index (χ0) is 11.7. The van der Waals surface area contributed by atoms with Crippen LogP contribution in [-0.4, -0.2) is 12.1 Å². The molecule has 0 aliphatic heterocycles. The summed E-state index contributed by atoms with van der Waals surface area (Å²) in [5.41, 5.74) is 5.30. The Labute approximate surface area is 104 Å². The van der Waals surface area contributed by atoms with Crippen molar-refractivity contribution >= 4 is 21.6 Å². The van der Waals surface area contributed by atoms with Crippen LogP contribution in [-0.2, 0) is 0 Å². The minimum atomic E-state index is 0.878. The van der Waals surface area contributed by atoms with Gasteiger partial charge in [-0.25, -0.2) is 4.98 Å². The molecule has 0 aliphatic carbocycles. The van der Waals surface area contributed by atoms with Gasteiger partial charge < -0.3 is 4.74 Å². The van der Waals surface area contributed by atoms with Gasteiger partial charge in [-0.1, -0.05) is 18.2 Å². The Kier molecular flexibility index (Phi) is 2.53. The summed E-state index contributed by atoms with van der Waals surface area (Å²) in [6, 6.07) is 14.4. The number of hydrogen-bond acceptors (Lipinski definition) is 3. The third kappa shape index (κ3) is 1.89. The van der Waals surface area contributed by atoms with Gasteiger partial charge in [0.25, 0.3) is 0 Å². The van der Waals surface area contributed by atoms with Gasteiger partial charge in [-0.15, -0.1) is 11.3 Å². The minimum Gasteiger partial charge on any atom is -0.497 e. The molecule has 3 rings (SSSR count). The van der Waals surface area contributed by atoms with E-state index in [2.05, 4.69) is 35.3 Å². The van der Waals surface area contributed by atoms with Crippen LogP contribution in [0.4, 0.5) is 0 Å². The Morgan fingerprint density at radius 3 is 2.53 bits per heavy atom. The number of rotatable bonds is 2. The molecule has 1 heterocycles. The Morgan fingerprint density at radius 1 is 1.00 bits per heavy atom. The highest BCUT2D eigenvalue weighted by atomic mass is 32.1. The molecule has 0 amide bonds. The Hall–Kier alpha value is -1.87. The van der Waals surface area contributed by atoms with E-state index in [9.17, 15) is 0 Å². The van der Waals surface area contributed by atoms with Crippen LogP contribution >= 0.6 is 11.3 Å². The van der Waals surface area contributed by atoms with Crippen molar-refractivity contribution in [2.45, 2.75) is 0 Å². The van der Waals surface area contributed by atoms with Crippen molar-refractivity contribution in [3.05, 3.63) is 48.0 Å². The Balaban J connectivity index is 2.06. The summed E-state index contributed by atoms with van der Waals surface area (Å²) in [6.45, 7) is 0. The average molecular weight is 241 g/mol. The van der Waals surface area contributed by atoms with Crippen molar-refractivity contribution in [3.63, 3.8) is 0 Å². The smallest absolute Gasteiger partial charge is 0.118 e. The monoisotopic (exact) mass is 241 g/mol. The molecule has 84 valence electrons. The van der Waals surface area contributed by atoms with E-state index in [0.717, 1.165) is 11.3 Å². The van der Waals surface area contributed by atoms with Crippen LogP contribution in [0.25, 0.3) is 21.3 Å². The highest BCUT2D eigenvalue weighted by Crippen LogP contribution is 2.27. The minimum absolute atomic E-state index is 0.878. The molecule has 3 heteroatoms. The second-order valence-electron chi connectivity index (χ2n) is 3.76. The molecule has 0 spiro atoms. The SMILES string of the molecule is COc1ccc(-c2ccc3scnc3c2)cc1. The van der Waals surface area contributed by atoms with Crippen LogP contribution in [0.3, 0.4) is 0 Å². The Bertz CT molecular complexity index is 643. The van der Waals surface area contributed by atoms with Gasteiger partial charge in [-0.2, -0.15) is 0 Å². The molecule has 0 bridgehead atoms. The molecule has 3 aromatic rings.